The molecule has 1 aromatic heterocycles. The lowest BCUT2D eigenvalue weighted by molar-refractivity contribution is 0.111. The first-order chi connectivity index (χ1) is 6.77. The number of halogens is 2. The van der Waals surface area contributed by atoms with E-state index in [2.05, 4.69) is 16.8 Å². The first-order valence-corrected chi connectivity index (χ1v) is 4.47. The third-order valence-corrected chi connectivity index (χ3v) is 1.63. The molecule has 0 saturated carbocycles. The molecule has 0 atom stereocenters. The van der Waals surface area contributed by atoms with Gasteiger partial charge in [0.1, 0.15) is 0 Å². The molecule has 14 heavy (non-hydrogen) atoms. The van der Waals surface area contributed by atoms with Crippen molar-refractivity contribution in [2.24, 2.45) is 0 Å². The van der Waals surface area contributed by atoms with E-state index in [4.69, 9.17) is 11.6 Å². The summed E-state index contributed by atoms with van der Waals surface area (Å²) in [6.45, 7) is 0. The van der Waals surface area contributed by atoms with Crippen molar-refractivity contribution in [3.8, 4) is 11.8 Å². The molecular formula is C10H7ClFNO. The summed E-state index contributed by atoms with van der Waals surface area (Å²) in [4.78, 5) is 13.8. The van der Waals surface area contributed by atoms with Crippen molar-refractivity contribution in [1.82, 2.24) is 4.98 Å². The van der Waals surface area contributed by atoms with Gasteiger partial charge in [-0.1, -0.05) is 11.8 Å². The molecular weight excluding hydrogens is 205 g/mol. The topological polar surface area (TPSA) is 30.0 Å². The monoisotopic (exact) mass is 211 g/mol. The molecule has 0 bridgehead atoms. The Bertz CT molecular complexity index is 395. The maximum Gasteiger partial charge on any atom is 0.223 e. The van der Waals surface area contributed by atoms with Crippen LogP contribution in [-0.2, 0) is 0 Å². The van der Waals surface area contributed by atoms with E-state index in [-0.39, 0.29) is 5.56 Å². The SMILES string of the molecule is O=Cc1cc(C#CCCCl)cnc1F. The Morgan fingerprint density at radius 1 is 1.64 bits per heavy atom. The van der Waals surface area contributed by atoms with Crippen LogP contribution in [0.5, 0.6) is 0 Å². The average molecular weight is 212 g/mol. The number of hydrogen-bond acceptors (Lipinski definition) is 2. The van der Waals surface area contributed by atoms with Crippen LogP contribution in [0.15, 0.2) is 12.3 Å². The van der Waals surface area contributed by atoms with Crippen molar-refractivity contribution in [2.45, 2.75) is 6.42 Å². The Morgan fingerprint density at radius 2 is 2.43 bits per heavy atom. The molecule has 0 spiro atoms. The second-order valence-corrected chi connectivity index (χ2v) is 2.84. The Kier molecular flexibility index (Phi) is 4.09. The zero-order chi connectivity index (χ0) is 10.4. The summed E-state index contributed by atoms with van der Waals surface area (Å²) in [5.41, 5.74) is 0.432. The molecule has 2 nitrogen and oxygen atoms in total. The van der Waals surface area contributed by atoms with Gasteiger partial charge in [-0.3, -0.25) is 4.79 Å². The van der Waals surface area contributed by atoms with Gasteiger partial charge < -0.3 is 0 Å². The van der Waals surface area contributed by atoms with Gasteiger partial charge in [-0.15, -0.1) is 11.6 Å². The molecule has 0 aromatic carbocycles. The smallest absolute Gasteiger partial charge is 0.223 e. The Morgan fingerprint density at radius 3 is 3.07 bits per heavy atom. The van der Waals surface area contributed by atoms with Gasteiger partial charge in [-0.25, -0.2) is 4.98 Å². The van der Waals surface area contributed by atoms with Crippen molar-refractivity contribution in [3.05, 3.63) is 29.3 Å². The quantitative estimate of drug-likeness (QED) is 0.324. The molecule has 0 aliphatic rings. The normalized spacial score (nSPS) is 9.00. The molecule has 0 amide bonds. The van der Waals surface area contributed by atoms with Crippen LogP contribution in [0.3, 0.4) is 0 Å². The number of rotatable bonds is 2. The zero-order valence-electron chi connectivity index (χ0n) is 7.26. The number of aromatic nitrogens is 1. The van der Waals surface area contributed by atoms with E-state index in [1.807, 2.05) is 0 Å². The van der Waals surface area contributed by atoms with Gasteiger partial charge in [0, 0.05) is 24.1 Å². The average Bonchev–Trinajstić information content (AvgIpc) is 2.21. The van der Waals surface area contributed by atoms with Gasteiger partial charge in [0.2, 0.25) is 5.95 Å². The van der Waals surface area contributed by atoms with Gasteiger partial charge in [0.25, 0.3) is 0 Å². The third-order valence-electron chi connectivity index (χ3n) is 1.45. The fourth-order valence-electron chi connectivity index (χ4n) is 0.828. The van der Waals surface area contributed by atoms with Crippen molar-refractivity contribution < 1.29 is 9.18 Å². The largest absolute Gasteiger partial charge is 0.298 e. The number of carbonyl (C=O) groups is 1. The summed E-state index contributed by atoms with van der Waals surface area (Å²) < 4.78 is 12.7. The maximum atomic E-state index is 12.7. The van der Waals surface area contributed by atoms with Crippen LogP contribution < -0.4 is 0 Å². The molecule has 0 fully saturated rings. The Labute approximate surface area is 86.1 Å². The van der Waals surface area contributed by atoms with Crippen LogP contribution in [0, 0.1) is 17.8 Å². The first kappa shape index (κ1) is 10.7. The minimum Gasteiger partial charge on any atom is -0.298 e. The molecule has 0 radical (unpaired) electrons. The summed E-state index contributed by atoms with van der Waals surface area (Å²) in [6, 6.07) is 1.36. The predicted molar refractivity (Wildman–Crippen MR) is 51.8 cm³/mol. The minimum absolute atomic E-state index is 0.0809. The van der Waals surface area contributed by atoms with Crippen LogP contribution in [0.25, 0.3) is 0 Å². The molecule has 0 unspecified atom stereocenters. The van der Waals surface area contributed by atoms with E-state index in [0.29, 0.717) is 24.2 Å². The van der Waals surface area contributed by atoms with Crippen molar-refractivity contribution in [3.63, 3.8) is 0 Å². The number of alkyl halides is 1. The van der Waals surface area contributed by atoms with E-state index in [1.54, 1.807) is 0 Å². The van der Waals surface area contributed by atoms with E-state index in [0.717, 1.165) is 0 Å². The third kappa shape index (κ3) is 2.82. The summed E-state index contributed by atoms with van der Waals surface area (Å²) in [6.07, 6.45) is 2.24. The molecule has 1 heterocycles. The van der Waals surface area contributed by atoms with Crippen LogP contribution in [-0.4, -0.2) is 17.2 Å². The fourth-order valence-corrected chi connectivity index (χ4v) is 0.922. The van der Waals surface area contributed by atoms with Gasteiger partial charge >= 0.3 is 0 Å². The molecule has 1 rings (SSSR count). The summed E-state index contributed by atoms with van der Waals surface area (Å²) >= 11 is 5.42. The van der Waals surface area contributed by atoms with Crippen LogP contribution in [0.4, 0.5) is 4.39 Å². The minimum atomic E-state index is -0.775. The van der Waals surface area contributed by atoms with Crippen molar-refractivity contribution in [2.75, 3.05) is 5.88 Å². The molecule has 0 saturated heterocycles. The molecule has 0 aliphatic carbocycles. The lowest BCUT2D eigenvalue weighted by Crippen LogP contribution is -1.92. The molecule has 1 aromatic rings. The fraction of sp³-hybridized carbons (Fsp3) is 0.200. The van der Waals surface area contributed by atoms with E-state index < -0.39 is 5.95 Å². The van der Waals surface area contributed by atoms with Crippen LogP contribution in [0.1, 0.15) is 22.3 Å². The zero-order valence-corrected chi connectivity index (χ0v) is 8.01. The lowest BCUT2D eigenvalue weighted by atomic mass is 10.2. The van der Waals surface area contributed by atoms with E-state index >= 15 is 0 Å². The standard InChI is InChI=1S/C10H7ClFNO/c11-4-2-1-3-8-5-9(7-14)10(12)13-6-8/h5-7H,2,4H2. The number of carbonyl (C=O) groups excluding carboxylic acids is 1. The van der Waals surface area contributed by atoms with Crippen molar-refractivity contribution in [1.29, 1.82) is 0 Å². The van der Waals surface area contributed by atoms with Crippen LogP contribution >= 0.6 is 11.6 Å². The number of aldehydes is 1. The van der Waals surface area contributed by atoms with Crippen molar-refractivity contribution >= 4 is 17.9 Å². The second-order valence-electron chi connectivity index (χ2n) is 2.46. The Hall–Kier alpha value is -1.40. The van der Waals surface area contributed by atoms with Gasteiger partial charge in [0.05, 0.1) is 5.56 Å². The molecule has 72 valence electrons. The predicted octanol–water partition coefficient (Wildman–Crippen LogP) is 2.01. The molecule has 0 N–H and O–H groups in total. The number of hydrogen-bond donors (Lipinski definition) is 0. The van der Waals surface area contributed by atoms with Gasteiger partial charge in [0.15, 0.2) is 6.29 Å². The van der Waals surface area contributed by atoms with Crippen LogP contribution in [0.2, 0.25) is 0 Å². The van der Waals surface area contributed by atoms with E-state index in [9.17, 15) is 9.18 Å². The second kappa shape index (κ2) is 5.36. The highest BCUT2D eigenvalue weighted by atomic mass is 35.5. The highest BCUT2D eigenvalue weighted by Gasteiger charge is 2.01. The van der Waals surface area contributed by atoms with E-state index in [1.165, 1.54) is 12.3 Å². The number of nitrogens with zero attached hydrogens (tertiary/aromatic N) is 1. The molecule has 0 aliphatic heterocycles. The highest BCUT2D eigenvalue weighted by Crippen LogP contribution is 2.03. The summed E-state index contributed by atoms with van der Waals surface area (Å²) in [7, 11) is 0. The highest BCUT2D eigenvalue weighted by molar-refractivity contribution is 6.18. The first-order valence-electron chi connectivity index (χ1n) is 3.93. The lowest BCUT2D eigenvalue weighted by Gasteiger charge is -1.93. The summed E-state index contributed by atoms with van der Waals surface area (Å²) in [5, 5.41) is 0. The van der Waals surface area contributed by atoms with Gasteiger partial charge in [-0.2, -0.15) is 4.39 Å². The molecule has 4 heteroatoms. The summed E-state index contributed by atoms with van der Waals surface area (Å²) in [5.74, 6) is 5.16. The Balaban J connectivity index is 2.91. The maximum absolute atomic E-state index is 12.7. The number of pyridine rings is 1. The van der Waals surface area contributed by atoms with Gasteiger partial charge in [-0.05, 0) is 6.07 Å².